The minimum absolute atomic E-state index is 0.00766. The highest BCUT2D eigenvalue weighted by Crippen LogP contribution is 2.21. The minimum atomic E-state index is 0.00766. The van der Waals surface area contributed by atoms with Crippen molar-refractivity contribution in [1.82, 2.24) is 15.2 Å². The van der Waals surface area contributed by atoms with Gasteiger partial charge in [-0.05, 0) is 56.8 Å². The van der Waals surface area contributed by atoms with Crippen LogP contribution in [-0.4, -0.2) is 55.1 Å². The van der Waals surface area contributed by atoms with Crippen molar-refractivity contribution in [2.75, 3.05) is 44.2 Å². The fourth-order valence-corrected chi connectivity index (χ4v) is 3.59. The summed E-state index contributed by atoms with van der Waals surface area (Å²) in [6.45, 7) is 8.44. The van der Waals surface area contributed by atoms with E-state index in [9.17, 15) is 4.79 Å². The smallest absolute Gasteiger partial charge is 0.255 e. The van der Waals surface area contributed by atoms with Gasteiger partial charge in [0.05, 0.1) is 5.56 Å². The number of hydrogen-bond acceptors (Lipinski definition) is 4. The molecule has 0 radical (unpaired) electrons. The summed E-state index contributed by atoms with van der Waals surface area (Å²) in [6, 6.07) is 3.74. The summed E-state index contributed by atoms with van der Waals surface area (Å²) in [4.78, 5) is 21.7. The first kappa shape index (κ1) is 16.2. The number of aromatic nitrogens is 1. The third-order valence-corrected chi connectivity index (χ3v) is 4.82. The summed E-state index contributed by atoms with van der Waals surface area (Å²) < 4.78 is 0. The molecule has 5 heteroatoms. The monoisotopic (exact) mass is 316 g/mol. The van der Waals surface area contributed by atoms with E-state index in [1.54, 1.807) is 6.20 Å². The lowest BCUT2D eigenvalue weighted by molar-refractivity contribution is 0.0945. The molecule has 0 aromatic carbocycles. The second-order valence-corrected chi connectivity index (χ2v) is 6.89. The Balaban J connectivity index is 1.55. The Morgan fingerprint density at radius 2 is 1.91 bits per heavy atom. The van der Waals surface area contributed by atoms with Gasteiger partial charge in [-0.15, -0.1) is 0 Å². The van der Waals surface area contributed by atoms with Gasteiger partial charge in [0.1, 0.15) is 5.82 Å². The van der Waals surface area contributed by atoms with E-state index in [0.717, 1.165) is 32.0 Å². The average Bonchev–Trinajstić information content (AvgIpc) is 3.26. The third-order valence-electron chi connectivity index (χ3n) is 4.82. The molecule has 1 unspecified atom stereocenters. The Morgan fingerprint density at radius 3 is 2.65 bits per heavy atom. The Hall–Kier alpha value is -1.62. The van der Waals surface area contributed by atoms with Crippen LogP contribution in [-0.2, 0) is 0 Å². The molecule has 1 N–H and O–H groups in total. The van der Waals surface area contributed by atoms with E-state index in [2.05, 4.69) is 27.0 Å². The zero-order valence-electron chi connectivity index (χ0n) is 14.1. The number of likely N-dealkylation sites (tertiary alicyclic amines) is 1. The van der Waals surface area contributed by atoms with Gasteiger partial charge in [-0.2, -0.15) is 0 Å². The number of anilines is 1. The molecule has 1 aromatic heterocycles. The maximum atomic E-state index is 12.6. The van der Waals surface area contributed by atoms with Crippen LogP contribution >= 0.6 is 0 Å². The van der Waals surface area contributed by atoms with Crippen LogP contribution < -0.4 is 10.2 Å². The molecule has 5 nitrogen and oxygen atoms in total. The van der Waals surface area contributed by atoms with Crippen molar-refractivity contribution < 1.29 is 4.79 Å². The predicted molar refractivity (Wildman–Crippen MR) is 92.9 cm³/mol. The fraction of sp³-hybridized carbons (Fsp3) is 0.667. The molecule has 2 saturated heterocycles. The van der Waals surface area contributed by atoms with Crippen molar-refractivity contribution in [3.63, 3.8) is 0 Å². The van der Waals surface area contributed by atoms with Crippen molar-refractivity contribution in [1.29, 1.82) is 0 Å². The quantitative estimate of drug-likeness (QED) is 0.873. The molecule has 1 atom stereocenters. The average molecular weight is 316 g/mol. The van der Waals surface area contributed by atoms with Crippen molar-refractivity contribution in [3.8, 4) is 0 Å². The van der Waals surface area contributed by atoms with E-state index < -0.39 is 0 Å². The summed E-state index contributed by atoms with van der Waals surface area (Å²) in [6.07, 6.45) is 6.78. The number of amides is 1. The minimum Gasteiger partial charge on any atom is -0.356 e. The van der Waals surface area contributed by atoms with Crippen LogP contribution in [0.2, 0.25) is 0 Å². The first-order valence-corrected chi connectivity index (χ1v) is 8.94. The summed E-state index contributed by atoms with van der Waals surface area (Å²) in [5.74, 6) is 1.33. The number of nitrogens with zero attached hydrogens (tertiary/aromatic N) is 3. The van der Waals surface area contributed by atoms with Crippen LogP contribution in [0.25, 0.3) is 0 Å². The second-order valence-electron chi connectivity index (χ2n) is 6.89. The van der Waals surface area contributed by atoms with E-state index in [-0.39, 0.29) is 5.91 Å². The summed E-state index contributed by atoms with van der Waals surface area (Å²) in [5.41, 5.74) is 0.711. The van der Waals surface area contributed by atoms with Crippen LogP contribution in [0.4, 0.5) is 5.82 Å². The third kappa shape index (κ3) is 4.22. The zero-order chi connectivity index (χ0) is 16.1. The zero-order valence-corrected chi connectivity index (χ0v) is 14.1. The van der Waals surface area contributed by atoms with Gasteiger partial charge in [-0.25, -0.2) is 4.98 Å². The summed E-state index contributed by atoms with van der Waals surface area (Å²) >= 11 is 0. The second kappa shape index (κ2) is 7.77. The van der Waals surface area contributed by atoms with Crippen LogP contribution in [0.3, 0.4) is 0 Å². The van der Waals surface area contributed by atoms with Crippen molar-refractivity contribution in [2.24, 2.45) is 5.92 Å². The molecule has 0 bridgehead atoms. The van der Waals surface area contributed by atoms with Gasteiger partial charge in [-0.3, -0.25) is 4.79 Å². The summed E-state index contributed by atoms with van der Waals surface area (Å²) in [5, 5.41) is 3.10. The van der Waals surface area contributed by atoms with Crippen molar-refractivity contribution in [2.45, 2.75) is 32.6 Å². The molecular formula is C18H28N4O. The number of carbonyl (C=O) groups excluding carboxylic acids is 1. The number of hydrogen-bond donors (Lipinski definition) is 1. The number of pyridine rings is 1. The fourth-order valence-electron chi connectivity index (χ4n) is 3.59. The molecule has 1 aromatic rings. The van der Waals surface area contributed by atoms with Crippen LogP contribution in [0.5, 0.6) is 0 Å². The highest BCUT2D eigenvalue weighted by atomic mass is 16.1. The Kier molecular flexibility index (Phi) is 5.49. The van der Waals surface area contributed by atoms with Gasteiger partial charge in [0, 0.05) is 32.4 Å². The van der Waals surface area contributed by atoms with Gasteiger partial charge in [0.25, 0.3) is 5.91 Å². The van der Waals surface area contributed by atoms with E-state index in [1.807, 2.05) is 12.1 Å². The molecule has 3 heterocycles. The normalized spacial score (nSPS) is 20.0. The highest BCUT2D eigenvalue weighted by Gasteiger charge is 2.21. The Labute approximate surface area is 139 Å². The number of carbonyl (C=O) groups is 1. The van der Waals surface area contributed by atoms with Gasteiger partial charge < -0.3 is 15.1 Å². The Bertz CT molecular complexity index is 522. The SMILES string of the molecule is CC(CNC(=O)c1cccnc1N1CCCC1)CN1CCCC1. The van der Waals surface area contributed by atoms with Crippen LogP contribution in [0, 0.1) is 5.92 Å². The van der Waals surface area contributed by atoms with Crippen molar-refractivity contribution in [3.05, 3.63) is 23.9 Å². The van der Waals surface area contributed by atoms with E-state index >= 15 is 0 Å². The van der Waals surface area contributed by atoms with Gasteiger partial charge in [-0.1, -0.05) is 6.92 Å². The largest absolute Gasteiger partial charge is 0.356 e. The lowest BCUT2D eigenvalue weighted by Gasteiger charge is -2.22. The molecule has 0 spiro atoms. The van der Waals surface area contributed by atoms with Crippen LogP contribution in [0.1, 0.15) is 43.0 Å². The Morgan fingerprint density at radius 1 is 1.22 bits per heavy atom. The lowest BCUT2D eigenvalue weighted by Crippen LogP contribution is -2.35. The van der Waals surface area contributed by atoms with Crippen LogP contribution in [0.15, 0.2) is 18.3 Å². The van der Waals surface area contributed by atoms with Gasteiger partial charge >= 0.3 is 0 Å². The highest BCUT2D eigenvalue weighted by molar-refractivity contribution is 5.98. The van der Waals surface area contributed by atoms with Gasteiger partial charge in [0.15, 0.2) is 0 Å². The lowest BCUT2D eigenvalue weighted by atomic mass is 10.1. The molecule has 0 saturated carbocycles. The molecule has 2 aliphatic rings. The summed E-state index contributed by atoms with van der Waals surface area (Å²) in [7, 11) is 0. The van der Waals surface area contributed by atoms with E-state index in [4.69, 9.17) is 0 Å². The maximum Gasteiger partial charge on any atom is 0.255 e. The van der Waals surface area contributed by atoms with Gasteiger partial charge in [0.2, 0.25) is 0 Å². The molecule has 0 aliphatic carbocycles. The number of rotatable bonds is 6. The van der Waals surface area contributed by atoms with Crippen molar-refractivity contribution >= 4 is 11.7 Å². The number of nitrogens with one attached hydrogen (secondary N) is 1. The molecule has 2 fully saturated rings. The first-order valence-electron chi connectivity index (χ1n) is 8.94. The van der Waals surface area contributed by atoms with E-state index in [0.29, 0.717) is 11.5 Å². The maximum absolute atomic E-state index is 12.6. The molecule has 2 aliphatic heterocycles. The molecule has 126 valence electrons. The molecule has 23 heavy (non-hydrogen) atoms. The molecular weight excluding hydrogens is 288 g/mol. The standard InChI is InChI=1S/C18H28N4O/c1-15(14-21-9-2-3-10-21)13-20-18(23)16-7-6-8-19-17(16)22-11-4-5-12-22/h6-8,15H,2-5,9-14H2,1H3,(H,20,23). The predicted octanol–water partition coefficient (Wildman–Crippen LogP) is 2.14. The molecule has 1 amide bonds. The molecule has 3 rings (SSSR count). The van der Waals surface area contributed by atoms with E-state index in [1.165, 1.54) is 38.8 Å². The topological polar surface area (TPSA) is 48.5 Å². The first-order chi connectivity index (χ1) is 11.2.